The van der Waals surface area contributed by atoms with Gasteiger partial charge in [0, 0.05) is 4.47 Å². The van der Waals surface area contributed by atoms with Gasteiger partial charge in [0.1, 0.15) is 11.3 Å². The highest BCUT2D eigenvalue weighted by Crippen LogP contribution is 2.25. The zero-order valence-electron chi connectivity index (χ0n) is 14.2. The van der Waals surface area contributed by atoms with Crippen molar-refractivity contribution in [2.75, 3.05) is 11.5 Å². The predicted octanol–water partition coefficient (Wildman–Crippen LogP) is 2.58. The van der Waals surface area contributed by atoms with Gasteiger partial charge in [-0.05, 0) is 42.0 Å². The van der Waals surface area contributed by atoms with Gasteiger partial charge in [-0.1, -0.05) is 34.1 Å². The van der Waals surface area contributed by atoms with Crippen molar-refractivity contribution in [2.45, 2.75) is 0 Å². The van der Waals surface area contributed by atoms with Crippen LogP contribution in [-0.4, -0.2) is 35.5 Å². The van der Waals surface area contributed by atoms with Crippen molar-refractivity contribution in [1.82, 2.24) is 5.32 Å². The quantitative estimate of drug-likeness (QED) is 0.541. The number of ether oxygens (including phenoxy) is 1. The average molecular weight is 445 g/mol. The van der Waals surface area contributed by atoms with Gasteiger partial charge in [-0.3, -0.25) is 14.9 Å². The Balaban J connectivity index is 1.87. The van der Waals surface area contributed by atoms with Gasteiger partial charge in [-0.15, -0.1) is 0 Å². The van der Waals surface area contributed by atoms with E-state index in [1.165, 1.54) is 18.2 Å². The van der Waals surface area contributed by atoms with Gasteiger partial charge >= 0.3 is 12.0 Å². The summed E-state index contributed by atoms with van der Waals surface area (Å²) in [6, 6.07) is 11.9. The van der Waals surface area contributed by atoms with Crippen molar-refractivity contribution in [1.29, 1.82) is 0 Å². The molecule has 28 heavy (non-hydrogen) atoms. The van der Waals surface area contributed by atoms with Crippen molar-refractivity contribution >= 4 is 51.5 Å². The number of barbiturate groups is 1. The maximum atomic E-state index is 12.8. The van der Waals surface area contributed by atoms with Crippen LogP contribution in [0.3, 0.4) is 0 Å². The van der Waals surface area contributed by atoms with Crippen LogP contribution in [0.4, 0.5) is 10.5 Å². The molecule has 0 saturated carbocycles. The van der Waals surface area contributed by atoms with Crippen molar-refractivity contribution in [3.8, 4) is 5.75 Å². The smallest absolute Gasteiger partial charge is 0.341 e. The zero-order valence-corrected chi connectivity index (χ0v) is 15.8. The predicted molar refractivity (Wildman–Crippen MR) is 103 cm³/mol. The molecule has 0 aliphatic carbocycles. The first-order chi connectivity index (χ1) is 13.3. The topological polar surface area (TPSA) is 113 Å². The number of carbonyl (C=O) groups is 4. The Morgan fingerprint density at radius 2 is 1.86 bits per heavy atom. The summed E-state index contributed by atoms with van der Waals surface area (Å²) in [6.45, 7) is -0.481. The molecule has 0 bridgehead atoms. The first-order valence-electron chi connectivity index (χ1n) is 7.97. The number of imide groups is 2. The van der Waals surface area contributed by atoms with Crippen LogP contribution in [0.1, 0.15) is 5.56 Å². The SMILES string of the molecule is O=C(O)COc1ccc(C=C2C(=O)NC(=O)N(c3cccc(Br)c3)C2=O)cc1. The molecule has 3 rings (SSSR count). The summed E-state index contributed by atoms with van der Waals surface area (Å²) in [4.78, 5) is 48.5. The van der Waals surface area contributed by atoms with Crippen molar-refractivity contribution < 1.29 is 29.0 Å². The van der Waals surface area contributed by atoms with E-state index >= 15 is 0 Å². The number of carboxylic acids is 1. The molecule has 8 nitrogen and oxygen atoms in total. The molecule has 1 aliphatic heterocycles. The Labute approximate surface area is 167 Å². The van der Waals surface area contributed by atoms with Crippen LogP contribution in [0.15, 0.2) is 58.6 Å². The monoisotopic (exact) mass is 444 g/mol. The van der Waals surface area contributed by atoms with E-state index in [1.807, 2.05) is 0 Å². The van der Waals surface area contributed by atoms with Gasteiger partial charge in [0.25, 0.3) is 11.8 Å². The van der Waals surface area contributed by atoms with Gasteiger partial charge in [-0.2, -0.15) is 0 Å². The van der Waals surface area contributed by atoms with Crippen LogP contribution >= 0.6 is 15.9 Å². The number of nitrogens with one attached hydrogen (secondary N) is 1. The lowest BCUT2D eigenvalue weighted by Crippen LogP contribution is -2.54. The Kier molecular flexibility index (Phi) is 5.55. The number of aliphatic carboxylic acids is 1. The van der Waals surface area contributed by atoms with E-state index < -0.39 is 30.4 Å². The zero-order chi connectivity index (χ0) is 20.3. The Hall–Kier alpha value is -3.46. The first-order valence-corrected chi connectivity index (χ1v) is 8.76. The van der Waals surface area contributed by atoms with Gasteiger partial charge in [0.2, 0.25) is 0 Å². The van der Waals surface area contributed by atoms with Crippen molar-refractivity contribution in [3.05, 3.63) is 64.1 Å². The second-order valence-electron chi connectivity index (χ2n) is 5.69. The van der Waals surface area contributed by atoms with E-state index in [9.17, 15) is 19.2 Å². The van der Waals surface area contributed by atoms with E-state index in [4.69, 9.17) is 9.84 Å². The van der Waals surface area contributed by atoms with Crippen LogP contribution < -0.4 is 15.0 Å². The molecule has 1 aliphatic rings. The van der Waals surface area contributed by atoms with Gasteiger partial charge < -0.3 is 9.84 Å². The number of carboxylic acid groups (broad SMARTS) is 1. The molecule has 9 heteroatoms. The number of halogens is 1. The van der Waals surface area contributed by atoms with E-state index in [0.29, 0.717) is 21.5 Å². The first kappa shape index (κ1) is 19.3. The van der Waals surface area contributed by atoms with Crippen LogP contribution in [0.5, 0.6) is 5.75 Å². The third-order valence-corrected chi connectivity index (χ3v) is 4.21. The molecular formula is C19H13BrN2O6. The summed E-state index contributed by atoms with van der Waals surface area (Å²) in [5.41, 5.74) is 0.608. The summed E-state index contributed by atoms with van der Waals surface area (Å²) < 4.78 is 5.70. The Morgan fingerprint density at radius 3 is 2.50 bits per heavy atom. The molecule has 4 amide bonds. The molecule has 1 saturated heterocycles. The molecule has 2 aromatic carbocycles. The minimum atomic E-state index is -1.10. The molecular weight excluding hydrogens is 432 g/mol. The van der Waals surface area contributed by atoms with E-state index in [2.05, 4.69) is 21.2 Å². The van der Waals surface area contributed by atoms with Crippen LogP contribution in [-0.2, 0) is 14.4 Å². The highest BCUT2D eigenvalue weighted by atomic mass is 79.9. The molecule has 0 aromatic heterocycles. The maximum Gasteiger partial charge on any atom is 0.341 e. The summed E-state index contributed by atoms with van der Waals surface area (Å²) >= 11 is 3.28. The van der Waals surface area contributed by atoms with Crippen LogP contribution in [0.2, 0.25) is 0 Å². The second kappa shape index (κ2) is 8.05. The lowest BCUT2D eigenvalue weighted by atomic mass is 10.1. The van der Waals surface area contributed by atoms with Crippen LogP contribution in [0, 0.1) is 0 Å². The largest absolute Gasteiger partial charge is 0.482 e. The Morgan fingerprint density at radius 1 is 1.14 bits per heavy atom. The maximum absolute atomic E-state index is 12.8. The number of urea groups is 1. The summed E-state index contributed by atoms with van der Waals surface area (Å²) in [7, 11) is 0. The number of benzene rings is 2. The number of nitrogens with zero attached hydrogens (tertiary/aromatic N) is 1. The number of anilines is 1. The fourth-order valence-corrected chi connectivity index (χ4v) is 2.87. The average Bonchev–Trinajstić information content (AvgIpc) is 2.64. The summed E-state index contributed by atoms with van der Waals surface area (Å²) in [6.07, 6.45) is 1.34. The van der Waals surface area contributed by atoms with Gasteiger partial charge in [-0.25, -0.2) is 14.5 Å². The highest BCUT2D eigenvalue weighted by Gasteiger charge is 2.36. The van der Waals surface area contributed by atoms with Gasteiger partial charge in [0.05, 0.1) is 5.69 Å². The van der Waals surface area contributed by atoms with Crippen molar-refractivity contribution in [3.63, 3.8) is 0 Å². The fraction of sp³-hybridized carbons (Fsp3) is 0.0526. The number of carbonyl (C=O) groups excluding carboxylic acids is 3. The standard InChI is InChI=1S/C19H13BrN2O6/c20-12-2-1-3-13(9-12)22-18(26)15(17(25)21-19(22)27)8-11-4-6-14(7-5-11)28-10-16(23)24/h1-9H,10H2,(H,23,24)(H,21,25,27). The molecule has 0 unspecified atom stereocenters. The van der Waals surface area contributed by atoms with E-state index in [1.54, 1.807) is 36.4 Å². The van der Waals surface area contributed by atoms with E-state index in [-0.39, 0.29) is 5.57 Å². The van der Waals surface area contributed by atoms with Crippen molar-refractivity contribution in [2.24, 2.45) is 0 Å². The molecule has 0 radical (unpaired) electrons. The van der Waals surface area contributed by atoms with Crippen LogP contribution in [0.25, 0.3) is 6.08 Å². The molecule has 0 spiro atoms. The number of hydrogen-bond donors (Lipinski definition) is 2. The summed E-state index contributed by atoms with van der Waals surface area (Å²) in [5.74, 6) is -2.33. The number of rotatable bonds is 5. The molecule has 1 heterocycles. The highest BCUT2D eigenvalue weighted by molar-refractivity contribution is 9.10. The molecule has 2 N–H and O–H groups in total. The number of amides is 4. The molecule has 1 fully saturated rings. The lowest BCUT2D eigenvalue weighted by molar-refractivity contribution is -0.139. The Bertz CT molecular complexity index is 1000. The normalized spacial score (nSPS) is 15.5. The lowest BCUT2D eigenvalue weighted by Gasteiger charge is -2.26. The molecule has 0 atom stereocenters. The number of hydrogen-bond acceptors (Lipinski definition) is 5. The third-order valence-electron chi connectivity index (χ3n) is 3.72. The van der Waals surface area contributed by atoms with Gasteiger partial charge in [0.15, 0.2) is 6.61 Å². The summed E-state index contributed by atoms with van der Waals surface area (Å²) in [5, 5.41) is 10.8. The second-order valence-corrected chi connectivity index (χ2v) is 6.60. The molecule has 142 valence electrons. The van der Waals surface area contributed by atoms with E-state index in [0.717, 1.165) is 4.90 Å². The third kappa shape index (κ3) is 4.26. The molecule has 2 aromatic rings. The minimum absolute atomic E-state index is 0.209. The fourth-order valence-electron chi connectivity index (χ4n) is 2.48. The minimum Gasteiger partial charge on any atom is -0.482 e.